The molecule has 1 aromatic rings. The Bertz CT molecular complexity index is 576. The predicted octanol–water partition coefficient (Wildman–Crippen LogP) is 4.48. The predicted molar refractivity (Wildman–Crippen MR) is 87.5 cm³/mol. The minimum Gasteiger partial charge on any atom is -0.465 e. The molecule has 22 heavy (non-hydrogen) atoms. The molecule has 3 N–H and O–H groups in total. The van der Waals surface area contributed by atoms with Gasteiger partial charge in [0, 0.05) is 5.56 Å². The Morgan fingerprint density at radius 1 is 1.36 bits per heavy atom. The van der Waals surface area contributed by atoms with Gasteiger partial charge in [-0.2, -0.15) is 0 Å². The van der Waals surface area contributed by atoms with Crippen molar-refractivity contribution in [2.75, 3.05) is 23.1 Å². The highest BCUT2D eigenvalue weighted by atomic mass is 35.5. The van der Waals surface area contributed by atoms with Crippen LogP contribution in [0.2, 0.25) is 0 Å². The van der Waals surface area contributed by atoms with E-state index in [1.807, 2.05) is 0 Å². The van der Waals surface area contributed by atoms with Crippen molar-refractivity contribution in [3.63, 3.8) is 0 Å². The number of carbonyl (C=O) groups is 2. The molecule has 0 bridgehead atoms. The van der Waals surface area contributed by atoms with Gasteiger partial charge < -0.3 is 9.84 Å². The van der Waals surface area contributed by atoms with Crippen LogP contribution in [0.5, 0.6) is 0 Å². The van der Waals surface area contributed by atoms with Gasteiger partial charge in [0.1, 0.15) is 6.61 Å². The van der Waals surface area contributed by atoms with Crippen LogP contribution in [-0.2, 0) is 4.74 Å². The number of benzene rings is 1. The summed E-state index contributed by atoms with van der Waals surface area (Å²) in [6.45, 7) is 5.37. The number of hydrogen-bond donors (Lipinski definition) is 3. The van der Waals surface area contributed by atoms with Crippen LogP contribution < -0.4 is 10.6 Å². The fourth-order valence-electron chi connectivity index (χ4n) is 2.00. The Hall–Kier alpha value is -1.66. The first-order valence-electron chi connectivity index (χ1n) is 6.55. The zero-order valence-electron chi connectivity index (χ0n) is 12.5. The molecular weight excluding hydrogens is 331 g/mol. The molecule has 0 aromatic heterocycles. The highest BCUT2D eigenvalue weighted by Gasteiger charge is 2.21. The van der Waals surface area contributed by atoms with Crippen LogP contribution in [0, 0.1) is 13.8 Å². The monoisotopic (exact) mass is 348 g/mol. The molecule has 0 radical (unpaired) electrons. The van der Waals surface area contributed by atoms with Crippen molar-refractivity contribution in [2.45, 2.75) is 26.1 Å². The number of amides is 2. The van der Waals surface area contributed by atoms with Crippen LogP contribution in [0.3, 0.4) is 0 Å². The normalized spacial score (nSPS) is 11.7. The van der Waals surface area contributed by atoms with E-state index in [-0.39, 0.29) is 12.5 Å². The molecule has 1 unspecified atom stereocenters. The molecule has 0 saturated carbocycles. The molecule has 0 aliphatic heterocycles. The second-order valence-electron chi connectivity index (χ2n) is 4.65. The van der Waals surface area contributed by atoms with Crippen LogP contribution >= 0.6 is 23.2 Å². The van der Waals surface area contributed by atoms with Crippen LogP contribution in [0.4, 0.5) is 21.0 Å². The molecule has 0 heterocycles. The summed E-state index contributed by atoms with van der Waals surface area (Å²) in [5, 5.41) is 13.3. The number of alkyl halides is 2. The quantitative estimate of drug-likeness (QED) is 0.684. The SMILES string of the molecule is Cc1cc(NC(=O)O)c(C(C)Cl)c(NC(=O)OCCCl)c1C. The summed E-state index contributed by atoms with van der Waals surface area (Å²) in [4.78, 5) is 22.7. The van der Waals surface area contributed by atoms with E-state index in [4.69, 9.17) is 33.0 Å². The Kier molecular flexibility index (Phi) is 6.77. The highest BCUT2D eigenvalue weighted by molar-refractivity contribution is 6.22. The van der Waals surface area contributed by atoms with Gasteiger partial charge >= 0.3 is 12.2 Å². The highest BCUT2D eigenvalue weighted by Crippen LogP contribution is 2.38. The number of carboxylic acid groups (broad SMARTS) is 1. The Balaban J connectivity index is 3.30. The molecule has 0 spiro atoms. The topological polar surface area (TPSA) is 87.7 Å². The standard InChI is InChI=1S/C14H18Cl2N2O4/c1-7-6-10(17-13(19)20)11(9(3)16)12(8(7)2)18-14(21)22-5-4-15/h6,9,17H,4-5H2,1-3H3,(H,18,21)(H,19,20). The molecule has 6 nitrogen and oxygen atoms in total. The van der Waals surface area contributed by atoms with E-state index in [1.165, 1.54) is 0 Å². The Labute approximate surface area is 138 Å². The lowest BCUT2D eigenvalue weighted by Gasteiger charge is -2.21. The average molecular weight is 349 g/mol. The van der Waals surface area contributed by atoms with E-state index < -0.39 is 17.6 Å². The maximum absolute atomic E-state index is 11.8. The Morgan fingerprint density at radius 3 is 2.50 bits per heavy atom. The molecule has 2 amide bonds. The van der Waals surface area contributed by atoms with Gasteiger partial charge in [0.25, 0.3) is 0 Å². The summed E-state index contributed by atoms with van der Waals surface area (Å²) >= 11 is 11.6. The van der Waals surface area contributed by atoms with Crippen LogP contribution in [-0.4, -0.2) is 29.8 Å². The van der Waals surface area contributed by atoms with Crippen LogP contribution in [0.15, 0.2) is 6.07 Å². The third-order valence-corrected chi connectivity index (χ3v) is 3.44. The van der Waals surface area contributed by atoms with Crippen molar-refractivity contribution in [1.29, 1.82) is 0 Å². The van der Waals surface area contributed by atoms with E-state index in [1.54, 1.807) is 26.8 Å². The molecule has 0 aliphatic rings. The average Bonchev–Trinajstić information content (AvgIpc) is 2.41. The molecule has 0 fully saturated rings. The minimum absolute atomic E-state index is 0.0737. The number of carbonyl (C=O) groups excluding carboxylic acids is 1. The van der Waals surface area contributed by atoms with Crippen molar-refractivity contribution in [3.05, 3.63) is 22.8 Å². The maximum Gasteiger partial charge on any atom is 0.411 e. The lowest BCUT2D eigenvalue weighted by atomic mass is 9.98. The lowest BCUT2D eigenvalue weighted by Crippen LogP contribution is -2.19. The summed E-state index contributed by atoms with van der Waals surface area (Å²) in [5.74, 6) is 0.185. The fraction of sp³-hybridized carbons (Fsp3) is 0.429. The zero-order valence-corrected chi connectivity index (χ0v) is 14.0. The number of halogens is 2. The minimum atomic E-state index is -1.21. The van der Waals surface area contributed by atoms with Gasteiger partial charge in [-0.25, -0.2) is 9.59 Å². The number of ether oxygens (including phenoxy) is 1. The molecule has 122 valence electrons. The van der Waals surface area contributed by atoms with E-state index in [0.717, 1.165) is 11.1 Å². The van der Waals surface area contributed by atoms with Crippen molar-refractivity contribution in [2.24, 2.45) is 0 Å². The Morgan fingerprint density at radius 2 is 2.00 bits per heavy atom. The maximum atomic E-state index is 11.8. The van der Waals surface area contributed by atoms with Crippen molar-refractivity contribution in [1.82, 2.24) is 0 Å². The first-order valence-corrected chi connectivity index (χ1v) is 7.52. The fourth-order valence-corrected chi connectivity index (χ4v) is 2.30. The van der Waals surface area contributed by atoms with Gasteiger partial charge in [-0.1, -0.05) is 0 Å². The van der Waals surface area contributed by atoms with Crippen LogP contribution in [0.25, 0.3) is 0 Å². The van der Waals surface area contributed by atoms with E-state index in [2.05, 4.69) is 10.6 Å². The number of hydrogen-bond acceptors (Lipinski definition) is 3. The lowest BCUT2D eigenvalue weighted by molar-refractivity contribution is 0.168. The molecule has 8 heteroatoms. The summed E-state index contributed by atoms with van der Waals surface area (Å²) in [5.41, 5.74) is 2.82. The molecule has 0 saturated heterocycles. The van der Waals surface area contributed by atoms with Gasteiger partial charge in [0.05, 0.1) is 22.6 Å². The molecule has 1 aromatic carbocycles. The number of anilines is 2. The van der Waals surface area contributed by atoms with Gasteiger partial charge in [0.15, 0.2) is 0 Å². The third-order valence-electron chi connectivity index (χ3n) is 3.06. The van der Waals surface area contributed by atoms with Gasteiger partial charge in [0.2, 0.25) is 0 Å². The zero-order chi connectivity index (χ0) is 16.9. The number of rotatable bonds is 5. The van der Waals surface area contributed by atoms with Gasteiger partial charge in [-0.15, -0.1) is 23.2 Å². The van der Waals surface area contributed by atoms with E-state index >= 15 is 0 Å². The summed E-state index contributed by atoms with van der Waals surface area (Å²) in [6, 6.07) is 1.67. The summed E-state index contributed by atoms with van der Waals surface area (Å²) < 4.78 is 4.88. The molecule has 1 rings (SSSR count). The first kappa shape index (κ1) is 18.4. The van der Waals surface area contributed by atoms with Crippen molar-refractivity contribution in [3.8, 4) is 0 Å². The van der Waals surface area contributed by atoms with E-state index in [0.29, 0.717) is 16.9 Å². The molecule has 0 aliphatic carbocycles. The number of aryl methyl sites for hydroxylation is 1. The molecular formula is C14H18Cl2N2O4. The van der Waals surface area contributed by atoms with Crippen molar-refractivity contribution < 1.29 is 19.4 Å². The van der Waals surface area contributed by atoms with Crippen molar-refractivity contribution >= 4 is 46.8 Å². The third kappa shape index (κ3) is 4.68. The second-order valence-corrected chi connectivity index (χ2v) is 5.68. The largest absolute Gasteiger partial charge is 0.465 e. The van der Waals surface area contributed by atoms with Gasteiger partial charge in [-0.05, 0) is 38.0 Å². The smallest absolute Gasteiger partial charge is 0.411 e. The van der Waals surface area contributed by atoms with Crippen LogP contribution in [0.1, 0.15) is 29.0 Å². The second kappa shape index (κ2) is 8.10. The number of nitrogens with one attached hydrogen (secondary N) is 2. The summed E-state index contributed by atoms with van der Waals surface area (Å²) in [6.07, 6.45) is -1.88. The first-order chi connectivity index (χ1) is 10.3. The van der Waals surface area contributed by atoms with Gasteiger partial charge in [-0.3, -0.25) is 10.6 Å². The van der Waals surface area contributed by atoms with E-state index in [9.17, 15) is 9.59 Å². The summed E-state index contributed by atoms with van der Waals surface area (Å²) in [7, 11) is 0. The molecule has 1 atom stereocenters.